The molecule has 0 saturated heterocycles. The predicted octanol–water partition coefficient (Wildman–Crippen LogP) is 3.80. The number of pyridine rings is 1. The zero-order valence-corrected chi connectivity index (χ0v) is 18.3. The van der Waals surface area contributed by atoms with Crippen molar-refractivity contribution < 1.29 is 9.59 Å². The summed E-state index contributed by atoms with van der Waals surface area (Å²) in [6.07, 6.45) is 4.05. The fraction of sp³-hybridized carbons (Fsp3) is 0.318. The number of nitrogens with zero attached hydrogens (tertiary/aromatic N) is 4. The minimum absolute atomic E-state index is 0.194. The van der Waals surface area contributed by atoms with E-state index in [0.717, 1.165) is 23.5 Å². The first-order chi connectivity index (χ1) is 14.3. The van der Waals surface area contributed by atoms with Gasteiger partial charge in [-0.25, -0.2) is 0 Å². The van der Waals surface area contributed by atoms with E-state index in [9.17, 15) is 9.59 Å². The molecule has 0 aliphatic rings. The Morgan fingerprint density at radius 1 is 1.20 bits per heavy atom. The van der Waals surface area contributed by atoms with Crippen LogP contribution in [-0.4, -0.2) is 31.9 Å². The highest BCUT2D eigenvalue weighted by Gasteiger charge is 2.36. The van der Waals surface area contributed by atoms with Crippen molar-refractivity contribution in [1.29, 1.82) is 0 Å². The molecule has 1 aromatic carbocycles. The Kier molecular flexibility index (Phi) is 6.56. The van der Waals surface area contributed by atoms with Crippen molar-refractivity contribution in [2.75, 3.05) is 4.90 Å². The van der Waals surface area contributed by atoms with E-state index >= 15 is 0 Å². The van der Waals surface area contributed by atoms with E-state index in [1.165, 1.54) is 4.90 Å². The van der Waals surface area contributed by atoms with E-state index in [1.807, 2.05) is 52.0 Å². The second-order valence-corrected chi connectivity index (χ2v) is 8.53. The molecule has 7 nitrogen and oxygen atoms in total. The minimum Gasteiger partial charge on any atom is -0.349 e. The lowest BCUT2D eigenvalue weighted by Crippen LogP contribution is -2.49. The minimum atomic E-state index is -0.917. The standard InChI is InChI=1S/C22H25N5O2S/c1-5-15-8-6-10-17(12-15)27(21(29)18-14-30-26-25-18)19(16-9-7-11-23-13-16)20(28)24-22(2,3)4/h6-14,19H,5H2,1-4H3,(H,24,28)/t19-/m0/s1. The Labute approximate surface area is 180 Å². The van der Waals surface area contributed by atoms with Crippen molar-refractivity contribution in [2.24, 2.45) is 0 Å². The number of hydrogen-bond donors (Lipinski definition) is 1. The van der Waals surface area contributed by atoms with Gasteiger partial charge in [0.2, 0.25) is 5.91 Å². The number of hydrogen-bond acceptors (Lipinski definition) is 6. The van der Waals surface area contributed by atoms with Crippen molar-refractivity contribution in [3.63, 3.8) is 0 Å². The van der Waals surface area contributed by atoms with Crippen molar-refractivity contribution >= 4 is 29.0 Å². The summed E-state index contributed by atoms with van der Waals surface area (Å²) >= 11 is 1.09. The van der Waals surface area contributed by atoms with Gasteiger partial charge in [-0.05, 0) is 62.5 Å². The van der Waals surface area contributed by atoms with E-state index in [-0.39, 0.29) is 11.6 Å². The molecule has 0 aliphatic heterocycles. The first-order valence-corrected chi connectivity index (χ1v) is 10.6. The maximum absolute atomic E-state index is 13.5. The molecule has 30 heavy (non-hydrogen) atoms. The Morgan fingerprint density at radius 3 is 2.60 bits per heavy atom. The summed E-state index contributed by atoms with van der Waals surface area (Å²) in [5.41, 5.74) is 2.00. The molecule has 0 unspecified atom stereocenters. The summed E-state index contributed by atoms with van der Waals surface area (Å²) in [6, 6.07) is 10.3. The quantitative estimate of drug-likeness (QED) is 0.652. The fourth-order valence-corrected chi connectivity index (χ4v) is 3.51. The summed E-state index contributed by atoms with van der Waals surface area (Å²) in [6.45, 7) is 7.75. The van der Waals surface area contributed by atoms with Crippen LogP contribution in [0.2, 0.25) is 0 Å². The summed E-state index contributed by atoms with van der Waals surface area (Å²) < 4.78 is 3.82. The van der Waals surface area contributed by atoms with Crippen LogP contribution in [0.25, 0.3) is 0 Å². The van der Waals surface area contributed by atoms with Crippen molar-refractivity contribution in [3.8, 4) is 0 Å². The number of benzene rings is 1. The van der Waals surface area contributed by atoms with Crippen molar-refractivity contribution in [2.45, 2.75) is 45.7 Å². The number of rotatable bonds is 6. The van der Waals surface area contributed by atoms with Crippen LogP contribution in [0.15, 0.2) is 54.2 Å². The Balaban J connectivity index is 2.17. The lowest BCUT2D eigenvalue weighted by Gasteiger charge is -2.33. The van der Waals surface area contributed by atoms with Gasteiger partial charge in [0.1, 0.15) is 6.04 Å². The highest BCUT2D eigenvalue weighted by molar-refractivity contribution is 7.03. The predicted molar refractivity (Wildman–Crippen MR) is 117 cm³/mol. The van der Waals surface area contributed by atoms with Gasteiger partial charge in [0, 0.05) is 34.6 Å². The van der Waals surface area contributed by atoms with Crippen LogP contribution < -0.4 is 10.2 Å². The van der Waals surface area contributed by atoms with Crippen LogP contribution in [-0.2, 0) is 11.2 Å². The van der Waals surface area contributed by atoms with Gasteiger partial charge in [-0.15, -0.1) is 5.10 Å². The van der Waals surface area contributed by atoms with Crippen LogP contribution in [0.3, 0.4) is 0 Å². The topological polar surface area (TPSA) is 88.1 Å². The zero-order chi connectivity index (χ0) is 21.7. The number of nitrogens with one attached hydrogen (secondary N) is 1. The van der Waals surface area contributed by atoms with Gasteiger partial charge in [-0.3, -0.25) is 19.5 Å². The summed E-state index contributed by atoms with van der Waals surface area (Å²) in [5, 5.41) is 8.53. The lowest BCUT2D eigenvalue weighted by molar-refractivity contribution is -0.123. The first kappa shape index (κ1) is 21.6. The molecule has 1 atom stereocenters. The van der Waals surface area contributed by atoms with Crippen LogP contribution >= 0.6 is 11.5 Å². The smallest absolute Gasteiger partial charge is 0.280 e. The fourth-order valence-electron chi connectivity index (χ4n) is 3.08. The van der Waals surface area contributed by atoms with Crippen LogP contribution in [0.5, 0.6) is 0 Å². The molecule has 0 saturated carbocycles. The SMILES string of the molecule is CCc1cccc(N(C(=O)c2csnn2)[C@H](C(=O)NC(C)(C)C)c2cccnc2)c1. The highest BCUT2D eigenvalue weighted by Crippen LogP contribution is 2.30. The monoisotopic (exact) mass is 423 g/mol. The molecule has 0 fully saturated rings. The van der Waals surface area contributed by atoms with E-state index in [4.69, 9.17) is 0 Å². The average Bonchev–Trinajstić information content (AvgIpc) is 3.25. The number of carbonyl (C=O) groups excluding carboxylic acids is 2. The van der Waals surface area contributed by atoms with Gasteiger partial charge >= 0.3 is 0 Å². The summed E-state index contributed by atoms with van der Waals surface area (Å²) in [4.78, 5) is 32.6. The molecule has 0 aliphatic carbocycles. The molecule has 3 aromatic rings. The molecule has 0 radical (unpaired) electrons. The normalized spacial score (nSPS) is 12.3. The maximum atomic E-state index is 13.5. The van der Waals surface area contributed by atoms with E-state index in [1.54, 1.807) is 29.9 Å². The summed E-state index contributed by atoms with van der Waals surface area (Å²) in [7, 11) is 0. The molecule has 2 heterocycles. The number of carbonyl (C=O) groups is 2. The summed E-state index contributed by atoms with van der Waals surface area (Å²) in [5.74, 6) is -0.691. The molecule has 1 N–H and O–H groups in total. The largest absolute Gasteiger partial charge is 0.349 e. The number of aromatic nitrogens is 3. The third kappa shape index (κ3) is 5.07. The van der Waals surface area contributed by atoms with Gasteiger partial charge in [0.15, 0.2) is 5.69 Å². The van der Waals surface area contributed by atoms with Crippen LogP contribution in [0, 0.1) is 0 Å². The van der Waals surface area contributed by atoms with Crippen molar-refractivity contribution in [3.05, 3.63) is 71.0 Å². The van der Waals surface area contributed by atoms with E-state index < -0.39 is 17.5 Å². The highest BCUT2D eigenvalue weighted by atomic mass is 32.1. The van der Waals surface area contributed by atoms with Gasteiger partial charge in [0.25, 0.3) is 5.91 Å². The third-order valence-corrected chi connectivity index (χ3v) is 4.90. The molecule has 3 rings (SSSR count). The van der Waals surface area contributed by atoms with E-state index in [2.05, 4.69) is 19.9 Å². The molecular formula is C22H25N5O2S. The maximum Gasteiger partial charge on any atom is 0.280 e. The Bertz CT molecular complexity index is 1000. The number of aryl methyl sites for hydroxylation is 1. The molecule has 156 valence electrons. The second kappa shape index (κ2) is 9.13. The molecule has 2 aromatic heterocycles. The second-order valence-electron chi connectivity index (χ2n) is 7.92. The van der Waals surface area contributed by atoms with Gasteiger partial charge < -0.3 is 5.32 Å². The number of amides is 2. The average molecular weight is 424 g/mol. The van der Waals surface area contributed by atoms with E-state index in [0.29, 0.717) is 11.3 Å². The molecule has 2 amide bonds. The van der Waals surface area contributed by atoms with Gasteiger partial charge in [0.05, 0.1) is 0 Å². The Morgan fingerprint density at radius 2 is 2.00 bits per heavy atom. The lowest BCUT2D eigenvalue weighted by atomic mass is 10.0. The van der Waals surface area contributed by atoms with Gasteiger partial charge in [-0.1, -0.05) is 29.6 Å². The molecule has 0 spiro atoms. The first-order valence-electron chi connectivity index (χ1n) is 9.71. The van der Waals surface area contributed by atoms with Crippen LogP contribution in [0.1, 0.15) is 55.4 Å². The van der Waals surface area contributed by atoms with Crippen LogP contribution in [0.4, 0.5) is 5.69 Å². The number of anilines is 1. The zero-order valence-electron chi connectivity index (χ0n) is 17.5. The third-order valence-electron chi connectivity index (χ3n) is 4.40. The van der Waals surface area contributed by atoms with Gasteiger partial charge in [-0.2, -0.15) is 0 Å². The van der Waals surface area contributed by atoms with Crippen molar-refractivity contribution in [1.82, 2.24) is 19.9 Å². The Hall–Kier alpha value is -3.13. The molecular weight excluding hydrogens is 398 g/mol. The molecule has 0 bridgehead atoms. The molecule has 8 heteroatoms.